The van der Waals surface area contributed by atoms with Gasteiger partial charge in [0.05, 0.1) is 6.42 Å². The van der Waals surface area contributed by atoms with Gasteiger partial charge in [-0.25, -0.2) is 9.97 Å². The van der Waals surface area contributed by atoms with Gasteiger partial charge in [-0.15, -0.1) is 0 Å². The molecule has 0 bridgehead atoms. The molecule has 176 valence electrons. The smallest absolute Gasteiger partial charge is 0.433 e. The summed E-state index contributed by atoms with van der Waals surface area (Å²) in [7, 11) is 0. The van der Waals surface area contributed by atoms with Crippen LogP contribution in [0.15, 0.2) is 36.4 Å². The Bertz CT molecular complexity index is 1150. The molecule has 4 rings (SSSR count). The van der Waals surface area contributed by atoms with Crippen LogP contribution >= 0.6 is 11.3 Å². The second-order valence-electron chi connectivity index (χ2n) is 8.65. The molecule has 1 saturated heterocycles. The summed E-state index contributed by atoms with van der Waals surface area (Å²) in [4.78, 5) is 24.2. The highest BCUT2D eigenvalue weighted by molar-refractivity contribution is 7.21. The fourth-order valence-corrected chi connectivity index (χ4v) is 5.20. The summed E-state index contributed by atoms with van der Waals surface area (Å²) in [6.07, 6.45) is -4.48. The topological polar surface area (TPSA) is 69.6 Å². The van der Waals surface area contributed by atoms with Crippen molar-refractivity contribution in [3.05, 3.63) is 53.2 Å². The quantitative estimate of drug-likeness (QED) is 0.555. The lowest BCUT2D eigenvalue weighted by Gasteiger charge is -2.43. The summed E-state index contributed by atoms with van der Waals surface area (Å²) >= 11 is 1.20. The highest BCUT2D eigenvalue weighted by atomic mass is 32.1. The van der Waals surface area contributed by atoms with Gasteiger partial charge in [0, 0.05) is 32.2 Å². The van der Waals surface area contributed by atoms with Gasteiger partial charge < -0.3 is 10.0 Å². The average molecular weight is 479 g/mol. The van der Waals surface area contributed by atoms with E-state index in [9.17, 15) is 18.0 Å². The van der Waals surface area contributed by atoms with Crippen LogP contribution in [0.3, 0.4) is 0 Å². The second kappa shape index (κ2) is 9.26. The van der Waals surface area contributed by atoms with Crippen LogP contribution in [0, 0.1) is 5.92 Å². The summed E-state index contributed by atoms with van der Waals surface area (Å²) in [6, 6.07) is 10.1. The minimum atomic E-state index is -4.48. The van der Waals surface area contributed by atoms with Crippen molar-refractivity contribution in [1.29, 1.82) is 0 Å². The van der Waals surface area contributed by atoms with Gasteiger partial charge in [-0.3, -0.25) is 9.69 Å². The maximum atomic E-state index is 13.0. The Balaban J connectivity index is 1.51. The molecule has 1 aliphatic rings. The summed E-state index contributed by atoms with van der Waals surface area (Å²) in [5.41, 5.74) is 1.41. The minimum Gasteiger partial charge on any atom is -0.481 e. The van der Waals surface area contributed by atoms with Crippen molar-refractivity contribution in [3.63, 3.8) is 0 Å². The molecular weight excluding hydrogens is 453 g/mol. The Labute approximate surface area is 193 Å². The SMILES string of the molecule is CC(C)[C@H]1CN(Cc2cccc(CC(=O)O)c2)CCN1c1nc2ccc(C(F)(F)F)nc2s1. The number of fused-ring (bicyclic) bond motifs is 1. The zero-order valence-electron chi connectivity index (χ0n) is 18.3. The molecule has 1 aliphatic heterocycles. The monoisotopic (exact) mass is 478 g/mol. The number of aromatic nitrogens is 2. The molecule has 3 heterocycles. The van der Waals surface area contributed by atoms with Crippen LogP contribution in [0.2, 0.25) is 0 Å². The van der Waals surface area contributed by atoms with E-state index in [1.54, 1.807) is 0 Å². The first kappa shape index (κ1) is 23.4. The summed E-state index contributed by atoms with van der Waals surface area (Å²) in [5, 5.41) is 9.73. The van der Waals surface area contributed by atoms with E-state index in [4.69, 9.17) is 5.11 Å². The Hall–Kier alpha value is -2.72. The molecule has 0 unspecified atom stereocenters. The molecule has 33 heavy (non-hydrogen) atoms. The van der Waals surface area contributed by atoms with Gasteiger partial charge in [0.15, 0.2) is 5.13 Å². The third-order valence-corrected chi connectivity index (χ3v) is 6.81. The molecule has 1 N–H and O–H groups in total. The number of carboxylic acids is 1. The Morgan fingerprint density at radius 3 is 2.64 bits per heavy atom. The maximum absolute atomic E-state index is 13.0. The minimum absolute atomic E-state index is 0.00205. The highest BCUT2D eigenvalue weighted by Crippen LogP contribution is 2.35. The Morgan fingerprint density at radius 2 is 1.94 bits per heavy atom. The molecule has 2 aromatic heterocycles. The third kappa shape index (κ3) is 5.44. The van der Waals surface area contributed by atoms with E-state index in [1.165, 1.54) is 17.4 Å². The van der Waals surface area contributed by atoms with Crippen molar-refractivity contribution in [2.45, 2.75) is 39.0 Å². The van der Waals surface area contributed by atoms with Gasteiger partial charge in [0.1, 0.15) is 16.0 Å². The van der Waals surface area contributed by atoms with Gasteiger partial charge in [-0.1, -0.05) is 49.4 Å². The van der Waals surface area contributed by atoms with Crippen molar-refractivity contribution in [2.24, 2.45) is 5.92 Å². The fourth-order valence-electron chi connectivity index (χ4n) is 4.18. The van der Waals surface area contributed by atoms with E-state index in [2.05, 4.69) is 33.6 Å². The predicted octanol–water partition coefficient (Wildman–Crippen LogP) is 4.68. The van der Waals surface area contributed by atoms with Crippen molar-refractivity contribution in [3.8, 4) is 0 Å². The second-order valence-corrected chi connectivity index (χ2v) is 9.60. The summed E-state index contributed by atoms with van der Waals surface area (Å²) in [5.74, 6) is -0.551. The molecule has 0 radical (unpaired) electrons. The predicted molar refractivity (Wildman–Crippen MR) is 121 cm³/mol. The lowest BCUT2D eigenvalue weighted by molar-refractivity contribution is -0.141. The molecule has 1 fully saturated rings. The number of rotatable bonds is 6. The summed E-state index contributed by atoms with van der Waals surface area (Å²) < 4.78 is 39.1. The van der Waals surface area contributed by atoms with Crippen LogP contribution in [0.4, 0.5) is 18.3 Å². The van der Waals surface area contributed by atoms with Gasteiger partial charge in [0.25, 0.3) is 0 Å². The highest BCUT2D eigenvalue weighted by Gasteiger charge is 2.34. The molecule has 6 nitrogen and oxygen atoms in total. The molecule has 1 aromatic carbocycles. The number of thiazole rings is 1. The number of pyridine rings is 1. The largest absolute Gasteiger partial charge is 0.481 e. The fraction of sp³-hybridized carbons (Fsp3) is 0.435. The number of hydrogen-bond donors (Lipinski definition) is 1. The van der Waals surface area contributed by atoms with E-state index >= 15 is 0 Å². The van der Waals surface area contributed by atoms with Gasteiger partial charge in [0.2, 0.25) is 0 Å². The van der Waals surface area contributed by atoms with Crippen LogP contribution in [-0.4, -0.2) is 51.6 Å². The maximum Gasteiger partial charge on any atom is 0.433 e. The molecule has 10 heteroatoms. The van der Waals surface area contributed by atoms with Crippen molar-refractivity contribution in [1.82, 2.24) is 14.9 Å². The number of alkyl halides is 3. The number of anilines is 1. The first-order valence-electron chi connectivity index (χ1n) is 10.7. The van der Waals surface area contributed by atoms with E-state index in [0.29, 0.717) is 34.5 Å². The first-order chi connectivity index (χ1) is 15.6. The average Bonchev–Trinajstić information content (AvgIpc) is 3.16. The third-order valence-electron chi connectivity index (χ3n) is 5.81. The number of nitrogens with zero attached hydrogens (tertiary/aromatic N) is 4. The van der Waals surface area contributed by atoms with Crippen LogP contribution in [0.1, 0.15) is 30.7 Å². The standard InChI is InChI=1S/C23H25F3N4O2S/c1-14(2)18-13-29(12-16-5-3-4-15(10-16)11-20(31)32)8-9-30(18)22-27-17-6-7-19(23(24,25)26)28-21(17)33-22/h3-7,10,14,18H,8-9,11-13H2,1-2H3,(H,31,32)/t18-/m1/s1. The molecule has 3 aromatic rings. The zero-order chi connectivity index (χ0) is 23.8. The molecular formula is C23H25F3N4O2S. The lowest BCUT2D eigenvalue weighted by Crippen LogP contribution is -2.55. The van der Waals surface area contributed by atoms with E-state index in [-0.39, 0.29) is 12.5 Å². The normalized spacial score (nSPS) is 17.8. The van der Waals surface area contributed by atoms with Crippen molar-refractivity contribution in [2.75, 3.05) is 24.5 Å². The lowest BCUT2D eigenvalue weighted by atomic mass is 9.99. The molecule has 0 amide bonds. The van der Waals surface area contributed by atoms with Crippen LogP contribution in [0.25, 0.3) is 10.3 Å². The van der Waals surface area contributed by atoms with Crippen LogP contribution in [-0.2, 0) is 23.9 Å². The van der Waals surface area contributed by atoms with E-state index in [0.717, 1.165) is 30.3 Å². The Kier molecular flexibility index (Phi) is 6.58. The number of aliphatic carboxylic acids is 1. The van der Waals surface area contributed by atoms with Crippen LogP contribution in [0.5, 0.6) is 0 Å². The molecule has 0 saturated carbocycles. The molecule has 0 aliphatic carbocycles. The number of carboxylic acid groups (broad SMARTS) is 1. The number of piperazine rings is 1. The number of carbonyl (C=O) groups is 1. The molecule has 0 spiro atoms. The van der Waals surface area contributed by atoms with Gasteiger partial charge in [-0.05, 0) is 29.2 Å². The number of hydrogen-bond acceptors (Lipinski definition) is 6. The van der Waals surface area contributed by atoms with Crippen molar-refractivity contribution < 1.29 is 23.1 Å². The summed E-state index contributed by atoms with van der Waals surface area (Å²) in [6.45, 7) is 7.20. The van der Waals surface area contributed by atoms with Crippen LogP contribution < -0.4 is 4.90 Å². The first-order valence-corrected chi connectivity index (χ1v) is 11.5. The number of benzene rings is 1. The zero-order valence-corrected chi connectivity index (χ0v) is 19.2. The number of halogens is 3. The van der Waals surface area contributed by atoms with Gasteiger partial charge >= 0.3 is 12.1 Å². The molecule has 1 atom stereocenters. The van der Waals surface area contributed by atoms with E-state index in [1.807, 2.05) is 24.3 Å². The van der Waals surface area contributed by atoms with Crippen molar-refractivity contribution >= 4 is 32.8 Å². The van der Waals surface area contributed by atoms with E-state index < -0.39 is 17.8 Å². The Morgan fingerprint density at radius 1 is 1.18 bits per heavy atom. The van der Waals surface area contributed by atoms with Gasteiger partial charge in [-0.2, -0.15) is 13.2 Å².